The zero-order chi connectivity index (χ0) is 30.3. The quantitative estimate of drug-likeness (QED) is 0.332. The SMILES string of the molecule is COc1ccc(-c2cnc(Nc3cnc(C#N)cn3)cc2NCC2CN(C(=O)OC(C)(C)CC(C)(C)C)CCO2)cc1. The van der Waals surface area contributed by atoms with Crippen molar-refractivity contribution in [3.63, 3.8) is 0 Å². The number of rotatable bonds is 9. The lowest BCUT2D eigenvalue weighted by molar-refractivity contribution is -0.0489. The van der Waals surface area contributed by atoms with Gasteiger partial charge in [0.2, 0.25) is 0 Å². The van der Waals surface area contributed by atoms with Crippen molar-refractivity contribution in [1.29, 1.82) is 5.26 Å². The second-order valence-electron chi connectivity index (χ2n) is 12.1. The molecule has 1 unspecified atom stereocenters. The van der Waals surface area contributed by atoms with Crippen LogP contribution in [0.4, 0.5) is 22.1 Å². The summed E-state index contributed by atoms with van der Waals surface area (Å²) in [7, 11) is 1.63. The number of morpholine rings is 1. The van der Waals surface area contributed by atoms with Crippen LogP contribution in [-0.2, 0) is 9.47 Å². The lowest BCUT2D eigenvalue weighted by atomic mass is 9.84. The molecule has 11 nitrogen and oxygen atoms in total. The average molecular weight is 574 g/mol. The Morgan fingerprint density at radius 2 is 1.83 bits per heavy atom. The van der Waals surface area contributed by atoms with E-state index >= 15 is 0 Å². The normalized spacial score (nSPS) is 15.5. The Morgan fingerprint density at radius 1 is 1.10 bits per heavy atom. The molecule has 1 amide bonds. The van der Waals surface area contributed by atoms with Gasteiger partial charge in [0, 0.05) is 36.6 Å². The standard InChI is InChI=1S/C31H39N7O4/c1-30(2,3)20-31(4,5)42-29(39)38-11-12-41-24(19-38)16-34-26-13-27(37-28-18-33-22(14-32)15-35-28)36-17-25(26)21-7-9-23(40-6)10-8-21/h7-10,13,15,17-18,24H,11-12,16,19-20H2,1-6H3,(H2,34,35,36,37). The molecule has 1 aliphatic rings. The highest BCUT2D eigenvalue weighted by Gasteiger charge is 2.33. The molecule has 2 N–H and O–H groups in total. The van der Waals surface area contributed by atoms with E-state index in [1.54, 1.807) is 18.2 Å². The predicted molar refractivity (Wildman–Crippen MR) is 161 cm³/mol. The molecular formula is C31H39N7O4. The molecule has 0 bridgehead atoms. The fourth-order valence-corrected chi connectivity index (χ4v) is 5.10. The highest BCUT2D eigenvalue weighted by atomic mass is 16.6. The minimum atomic E-state index is -0.575. The third-order valence-corrected chi connectivity index (χ3v) is 6.56. The fourth-order valence-electron chi connectivity index (χ4n) is 5.10. The largest absolute Gasteiger partial charge is 0.497 e. The number of carbonyl (C=O) groups excluding carboxylic acids is 1. The van der Waals surface area contributed by atoms with Gasteiger partial charge in [-0.1, -0.05) is 32.9 Å². The van der Waals surface area contributed by atoms with Gasteiger partial charge in [-0.05, 0) is 43.4 Å². The maximum Gasteiger partial charge on any atom is 0.410 e. The molecule has 3 heterocycles. The maximum atomic E-state index is 13.0. The Kier molecular flexibility index (Phi) is 9.48. The first-order chi connectivity index (χ1) is 19.9. The number of ether oxygens (including phenoxy) is 3. The van der Waals surface area contributed by atoms with Crippen molar-refractivity contribution in [2.45, 2.75) is 52.7 Å². The number of carbonyl (C=O) groups is 1. The van der Waals surface area contributed by atoms with E-state index in [0.29, 0.717) is 37.9 Å². The summed E-state index contributed by atoms with van der Waals surface area (Å²) in [6, 6.07) is 11.6. The van der Waals surface area contributed by atoms with E-state index < -0.39 is 5.60 Å². The molecule has 222 valence electrons. The van der Waals surface area contributed by atoms with Crippen molar-refractivity contribution in [1.82, 2.24) is 19.9 Å². The minimum absolute atomic E-state index is 0.0355. The van der Waals surface area contributed by atoms with Gasteiger partial charge in [-0.2, -0.15) is 5.26 Å². The molecule has 3 aromatic rings. The Morgan fingerprint density at radius 3 is 2.48 bits per heavy atom. The van der Waals surface area contributed by atoms with Crippen LogP contribution in [0.25, 0.3) is 11.1 Å². The van der Waals surface area contributed by atoms with Crippen molar-refractivity contribution in [2.24, 2.45) is 5.41 Å². The van der Waals surface area contributed by atoms with Crippen molar-refractivity contribution in [3.8, 4) is 22.9 Å². The van der Waals surface area contributed by atoms with E-state index in [1.165, 1.54) is 12.4 Å². The summed E-state index contributed by atoms with van der Waals surface area (Å²) >= 11 is 0. The summed E-state index contributed by atoms with van der Waals surface area (Å²) in [5.74, 6) is 1.76. The molecule has 42 heavy (non-hydrogen) atoms. The lowest BCUT2D eigenvalue weighted by Gasteiger charge is -2.37. The molecule has 1 fully saturated rings. The number of hydrogen-bond donors (Lipinski definition) is 2. The number of anilines is 3. The van der Waals surface area contributed by atoms with Gasteiger partial charge in [0.15, 0.2) is 5.69 Å². The van der Waals surface area contributed by atoms with Gasteiger partial charge >= 0.3 is 6.09 Å². The van der Waals surface area contributed by atoms with Crippen molar-refractivity contribution < 1.29 is 19.0 Å². The highest BCUT2D eigenvalue weighted by Crippen LogP contribution is 2.32. The zero-order valence-corrected chi connectivity index (χ0v) is 25.1. The van der Waals surface area contributed by atoms with Crippen molar-refractivity contribution in [2.75, 3.05) is 44.0 Å². The molecule has 0 saturated carbocycles. The smallest absolute Gasteiger partial charge is 0.410 e. The van der Waals surface area contributed by atoms with Gasteiger partial charge < -0.3 is 29.7 Å². The minimum Gasteiger partial charge on any atom is -0.497 e. The Labute approximate surface area is 247 Å². The summed E-state index contributed by atoms with van der Waals surface area (Å²) in [4.78, 5) is 27.6. The van der Waals surface area contributed by atoms with Gasteiger partial charge in [0.25, 0.3) is 0 Å². The molecular weight excluding hydrogens is 534 g/mol. The van der Waals surface area contributed by atoms with Crippen LogP contribution in [0, 0.1) is 16.7 Å². The molecule has 1 aliphatic heterocycles. The Hall–Kier alpha value is -4.43. The maximum absolute atomic E-state index is 13.0. The molecule has 0 spiro atoms. The molecule has 11 heteroatoms. The van der Waals surface area contributed by atoms with Gasteiger partial charge in [-0.25, -0.2) is 19.7 Å². The van der Waals surface area contributed by atoms with Crippen LogP contribution in [0.15, 0.2) is 48.9 Å². The zero-order valence-electron chi connectivity index (χ0n) is 25.1. The second-order valence-corrected chi connectivity index (χ2v) is 12.1. The van der Waals surface area contributed by atoms with Crippen LogP contribution >= 0.6 is 0 Å². The van der Waals surface area contributed by atoms with Gasteiger partial charge in [0.05, 0.1) is 38.8 Å². The number of benzene rings is 1. The molecule has 1 aromatic carbocycles. The number of hydrogen-bond acceptors (Lipinski definition) is 10. The monoisotopic (exact) mass is 573 g/mol. The molecule has 2 aromatic heterocycles. The van der Waals surface area contributed by atoms with Gasteiger partial charge in [-0.3, -0.25) is 0 Å². The summed E-state index contributed by atoms with van der Waals surface area (Å²) < 4.78 is 17.2. The summed E-state index contributed by atoms with van der Waals surface area (Å²) in [6.45, 7) is 12.1. The number of aromatic nitrogens is 3. The van der Waals surface area contributed by atoms with E-state index in [2.05, 4.69) is 46.4 Å². The van der Waals surface area contributed by atoms with Crippen molar-refractivity contribution in [3.05, 3.63) is 54.6 Å². The summed E-state index contributed by atoms with van der Waals surface area (Å²) in [6.07, 6.45) is 4.84. The van der Waals surface area contributed by atoms with Crippen molar-refractivity contribution >= 4 is 23.4 Å². The van der Waals surface area contributed by atoms with Crippen LogP contribution in [0.3, 0.4) is 0 Å². The molecule has 0 radical (unpaired) electrons. The first-order valence-electron chi connectivity index (χ1n) is 13.9. The number of nitrogens with zero attached hydrogens (tertiary/aromatic N) is 5. The van der Waals surface area contributed by atoms with E-state index in [9.17, 15) is 4.79 Å². The molecule has 0 aliphatic carbocycles. The fraction of sp³-hybridized carbons (Fsp3) is 0.452. The van der Waals surface area contributed by atoms with E-state index in [0.717, 1.165) is 29.0 Å². The number of nitriles is 1. The second kappa shape index (κ2) is 13.0. The third kappa shape index (κ3) is 8.54. The van der Waals surface area contributed by atoms with Gasteiger partial charge in [-0.15, -0.1) is 0 Å². The van der Waals surface area contributed by atoms with E-state index in [-0.39, 0.29) is 23.3 Å². The third-order valence-electron chi connectivity index (χ3n) is 6.56. The number of pyridine rings is 1. The summed E-state index contributed by atoms with van der Waals surface area (Å²) in [5.41, 5.74) is 2.33. The topological polar surface area (TPSA) is 135 Å². The van der Waals surface area contributed by atoms with Crippen LogP contribution in [-0.4, -0.2) is 71.0 Å². The van der Waals surface area contributed by atoms with Gasteiger partial charge in [0.1, 0.15) is 29.1 Å². The lowest BCUT2D eigenvalue weighted by Crippen LogP contribution is -2.50. The number of amides is 1. The summed E-state index contributed by atoms with van der Waals surface area (Å²) in [5, 5.41) is 15.6. The Bertz CT molecular complexity index is 1400. The molecule has 1 saturated heterocycles. The average Bonchev–Trinajstić information content (AvgIpc) is 2.95. The Balaban J connectivity index is 1.48. The first-order valence-corrected chi connectivity index (χ1v) is 13.9. The predicted octanol–water partition coefficient (Wildman–Crippen LogP) is 5.63. The van der Waals surface area contributed by atoms with Crippen LogP contribution in [0.2, 0.25) is 0 Å². The van der Waals surface area contributed by atoms with E-state index in [1.807, 2.05) is 50.2 Å². The van der Waals surface area contributed by atoms with E-state index in [4.69, 9.17) is 19.5 Å². The number of nitrogens with one attached hydrogen (secondary N) is 2. The number of methoxy groups -OCH3 is 1. The molecule has 1 atom stereocenters. The highest BCUT2D eigenvalue weighted by molar-refractivity contribution is 5.80. The van der Waals surface area contributed by atoms with Crippen LogP contribution < -0.4 is 15.4 Å². The van der Waals surface area contributed by atoms with Crippen LogP contribution in [0.5, 0.6) is 5.75 Å². The van der Waals surface area contributed by atoms with Crippen LogP contribution in [0.1, 0.15) is 46.7 Å². The molecule has 4 rings (SSSR count). The first kappa shape index (κ1) is 30.5.